The van der Waals surface area contributed by atoms with Crippen molar-refractivity contribution in [2.75, 3.05) is 17.5 Å². The summed E-state index contributed by atoms with van der Waals surface area (Å²) in [5.41, 5.74) is 5.08. The van der Waals surface area contributed by atoms with Crippen LogP contribution in [0.15, 0.2) is 71.6 Å². The Morgan fingerprint density at radius 2 is 1.68 bits per heavy atom. The highest BCUT2D eigenvalue weighted by molar-refractivity contribution is 7.92. The Kier molecular flexibility index (Phi) is 8.54. The molecule has 1 N–H and O–H groups in total. The first-order valence-electron chi connectivity index (χ1n) is 13.1. The van der Waals surface area contributed by atoms with E-state index in [1.807, 2.05) is 20.8 Å². The molecule has 196 valence electrons. The molecule has 4 rings (SSSR count). The number of hydrogen-bond donors (Lipinski definition) is 1. The zero-order chi connectivity index (χ0) is 26.4. The number of nitrogens with one attached hydrogen (secondary N) is 1. The zero-order valence-electron chi connectivity index (χ0n) is 21.9. The number of aryl methyl sites for hydroxylation is 3. The molecule has 0 spiro atoms. The summed E-state index contributed by atoms with van der Waals surface area (Å²) >= 11 is 0. The van der Waals surface area contributed by atoms with Crippen molar-refractivity contribution in [2.24, 2.45) is 0 Å². The predicted octanol–water partition coefficient (Wildman–Crippen LogP) is 5.74. The molecule has 1 atom stereocenters. The van der Waals surface area contributed by atoms with Gasteiger partial charge >= 0.3 is 0 Å². The molecule has 7 heteroatoms. The smallest absolute Gasteiger partial charge is 0.264 e. The third kappa shape index (κ3) is 6.16. The molecule has 1 aliphatic rings. The molecule has 0 aliphatic heterocycles. The van der Waals surface area contributed by atoms with Crippen molar-refractivity contribution in [2.45, 2.75) is 63.8 Å². The number of carbonyl (C=O) groups is 1. The van der Waals surface area contributed by atoms with E-state index in [0.717, 1.165) is 28.3 Å². The average molecular weight is 521 g/mol. The highest BCUT2D eigenvalue weighted by atomic mass is 32.2. The Balaban J connectivity index is 1.64. The van der Waals surface area contributed by atoms with Gasteiger partial charge in [-0.05, 0) is 86.9 Å². The highest BCUT2D eigenvalue weighted by Crippen LogP contribution is 2.33. The molecule has 0 bridgehead atoms. The van der Waals surface area contributed by atoms with Crippen LogP contribution in [0.3, 0.4) is 0 Å². The number of fused-ring (bicyclic) bond motifs is 1. The number of amides is 1. The molecule has 1 aliphatic carbocycles. The van der Waals surface area contributed by atoms with Gasteiger partial charge in [-0.25, -0.2) is 8.42 Å². The summed E-state index contributed by atoms with van der Waals surface area (Å²) in [6.07, 6.45) is 5.26. The number of nitrogens with zero attached hydrogens (tertiary/aromatic N) is 1. The van der Waals surface area contributed by atoms with Crippen molar-refractivity contribution in [3.05, 3.63) is 89.0 Å². The molecule has 0 radical (unpaired) electrons. The quantitative estimate of drug-likeness (QED) is 0.370. The summed E-state index contributed by atoms with van der Waals surface area (Å²) < 4.78 is 34.5. The lowest BCUT2D eigenvalue weighted by Crippen LogP contribution is -2.42. The molecule has 0 saturated carbocycles. The van der Waals surface area contributed by atoms with E-state index >= 15 is 0 Å². The van der Waals surface area contributed by atoms with Crippen molar-refractivity contribution in [1.82, 2.24) is 5.32 Å². The van der Waals surface area contributed by atoms with Crippen LogP contribution < -0.4 is 14.4 Å². The largest absolute Gasteiger partial charge is 0.492 e. The second-order valence-corrected chi connectivity index (χ2v) is 11.4. The second-order valence-electron chi connectivity index (χ2n) is 9.49. The van der Waals surface area contributed by atoms with Crippen LogP contribution in [0.2, 0.25) is 0 Å². The third-order valence-corrected chi connectivity index (χ3v) is 8.62. The van der Waals surface area contributed by atoms with Crippen LogP contribution in [-0.4, -0.2) is 27.5 Å². The topological polar surface area (TPSA) is 75.7 Å². The normalized spacial score (nSPS) is 13.9. The highest BCUT2D eigenvalue weighted by Gasteiger charge is 2.30. The lowest BCUT2D eigenvalue weighted by molar-refractivity contribution is -0.120. The molecular formula is C30H36N2O4S. The standard InChI is InChI=1S/C30H36N2O4S/c1-4-27(25-17-16-23-10-6-7-11-24(23)20-25)31-30(33)21-32(28-12-8-9-13-29(28)36-5-2)37(34,35)26-18-14-22(3)15-19-26/h8-9,12-20,27H,4-7,10-11,21H2,1-3H3,(H,31,33)/t27-/m0/s1. The van der Waals surface area contributed by atoms with Crippen LogP contribution in [0.25, 0.3) is 0 Å². The number of anilines is 1. The zero-order valence-corrected chi connectivity index (χ0v) is 22.7. The van der Waals surface area contributed by atoms with Crippen molar-refractivity contribution in [1.29, 1.82) is 0 Å². The van der Waals surface area contributed by atoms with Gasteiger partial charge in [0.15, 0.2) is 0 Å². The number of rotatable bonds is 10. The first kappa shape index (κ1) is 26.7. The predicted molar refractivity (Wildman–Crippen MR) is 148 cm³/mol. The first-order valence-corrected chi connectivity index (χ1v) is 14.5. The van der Waals surface area contributed by atoms with E-state index in [9.17, 15) is 13.2 Å². The van der Waals surface area contributed by atoms with Crippen LogP contribution in [0.1, 0.15) is 61.4 Å². The van der Waals surface area contributed by atoms with Gasteiger partial charge in [-0.15, -0.1) is 0 Å². The van der Waals surface area contributed by atoms with Crippen molar-refractivity contribution < 1.29 is 17.9 Å². The Hall–Kier alpha value is -3.32. The Bertz CT molecular complexity index is 1340. The van der Waals surface area contributed by atoms with Gasteiger partial charge in [0.05, 0.1) is 23.2 Å². The monoisotopic (exact) mass is 520 g/mol. The minimum Gasteiger partial charge on any atom is -0.492 e. The third-order valence-electron chi connectivity index (χ3n) is 6.85. The van der Waals surface area contributed by atoms with Gasteiger partial charge in [0.25, 0.3) is 10.0 Å². The average Bonchev–Trinajstić information content (AvgIpc) is 2.91. The van der Waals surface area contributed by atoms with Crippen LogP contribution in [0.4, 0.5) is 5.69 Å². The summed E-state index contributed by atoms with van der Waals surface area (Å²) in [5, 5.41) is 3.09. The molecule has 0 unspecified atom stereocenters. The molecule has 0 aromatic heterocycles. The van der Waals surface area contributed by atoms with Crippen LogP contribution in [-0.2, 0) is 27.7 Å². The summed E-state index contributed by atoms with van der Waals surface area (Å²) in [7, 11) is -4.03. The maximum atomic E-state index is 13.8. The lowest BCUT2D eigenvalue weighted by atomic mass is 9.89. The minimum atomic E-state index is -4.03. The Morgan fingerprint density at radius 1 is 0.973 bits per heavy atom. The number of benzene rings is 3. The summed E-state index contributed by atoms with van der Waals surface area (Å²) in [6, 6.07) is 19.8. The summed E-state index contributed by atoms with van der Waals surface area (Å²) in [5.74, 6) is 0.0433. The molecule has 1 amide bonds. The van der Waals surface area contributed by atoms with Gasteiger partial charge in [-0.3, -0.25) is 9.10 Å². The van der Waals surface area contributed by atoms with Crippen molar-refractivity contribution in [3.8, 4) is 5.75 Å². The van der Waals surface area contributed by atoms with Crippen LogP contribution in [0.5, 0.6) is 5.75 Å². The van der Waals surface area contributed by atoms with E-state index in [0.29, 0.717) is 24.5 Å². The fourth-order valence-electron chi connectivity index (χ4n) is 4.84. The molecule has 0 saturated heterocycles. The molecular weight excluding hydrogens is 484 g/mol. The number of carbonyl (C=O) groups excluding carboxylic acids is 1. The minimum absolute atomic E-state index is 0.124. The van der Waals surface area contributed by atoms with Gasteiger partial charge in [-0.2, -0.15) is 0 Å². The maximum Gasteiger partial charge on any atom is 0.264 e. The van der Waals surface area contributed by atoms with Gasteiger partial charge in [0.1, 0.15) is 12.3 Å². The Morgan fingerprint density at radius 3 is 2.38 bits per heavy atom. The molecule has 3 aromatic rings. The molecule has 3 aromatic carbocycles. The van der Waals surface area contributed by atoms with E-state index in [1.54, 1.807) is 48.5 Å². The van der Waals surface area contributed by atoms with E-state index in [1.165, 1.54) is 24.0 Å². The fourth-order valence-corrected chi connectivity index (χ4v) is 6.27. The van der Waals surface area contributed by atoms with E-state index in [-0.39, 0.29) is 23.4 Å². The number of hydrogen-bond acceptors (Lipinski definition) is 4. The van der Waals surface area contributed by atoms with Gasteiger partial charge in [0, 0.05) is 0 Å². The SMILES string of the molecule is CCOc1ccccc1N(CC(=O)N[C@@H](CC)c1ccc2c(c1)CCCC2)S(=O)(=O)c1ccc(C)cc1. The van der Waals surface area contributed by atoms with Gasteiger partial charge < -0.3 is 10.1 Å². The van der Waals surface area contributed by atoms with Crippen LogP contribution >= 0.6 is 0 Å². The van der Waals surface area contributed by atoms with Crippen molar-refractivity contribution >= 4 is 21.6 Å². The summed E-state index contributed by atoms with van der Waals surface area (Å²) in [6.45, 7) is 5.78. The van der Waals surface area contributed by atoms with Crippen molar-refractivity contribution in [3.63, 3.8) is 0 Å². The van der Waals surface area contributed by atoms with E-state index in [4.69, 9.17) is 4.74 Å². The maximum absolute atomic E-state index is 13.8. The van der Waals surface area contributed by atoms with E-state index < -0.39 is 10.0 Å². The van der Waals surface area contributed by atoms with Gasteiger partial charge in [0.2, 0.25) is 5.91 Å². The van der Waals surface area contributed by atoms with E-state index in [2.05, 4.69) is 23.5 Å². The summed E-state index contributed by atoms with van der Waals surface area (Å²) in [4.78, 5) is 13.5. The second kappa shape index (κ2) is 11.8. The molecule has 6 nitrogen and oxygen atoms in total. The van der Waals surface area contributed by atoms with Gasteiger partial charge in [-0.1, -0.05) is 55.0 Å². The lowest BCUT2D eigenvalue weighted by Gasteiger charge is -2.27. The Labute approximate surface area is 220 Å². The fraction of sp³-hybridized carbons (Fsp3) is 0.367. The van der Waals surface area contributed by atoms with Crippen LogP contribution in [0, 0.1) is 6.92 Å². The molecule has 0 heterocycles. The number of para-hydroxylation sites is 2. The molecule has 0 fully saturated rings. The molecule has 37 heavy (non-hydrogen) atoms. The number of sulfonamides is 1. The first-order chi connectivity index (χ1) is 17.8. The number of ether oxygens (including phenoxy) is 1.